The lowest BCUT2D eigenvalue weighted by Crippen LogP contribution is -2.47. The predicted octanol–water partition coefficient (Wildman–Crippen LogP) is 17.9. The number of amides is 1. The van der Waals surface area contributed by atoms with E-state index in [0.29, 0.717) is 17.4 Å². The molecule has 0 aromatic heterocycles. The van der Waals surface area contributed by atoms with E-state index in [1.165, 1.54) is 122 Å². The lowest BCUT2D eigenvalue weighted by molar-refractivity contribution is -0.870. The van der Waals surface area contributed by atoms with Crippen molar-refractivity contribution in [2.24, 2.45) is 0 Å². The van der Waals surface area contributed by atoms with Gasteiger partial charge in [-0.2, -0.15) is 0 Å². The van der Waals surface area contributed by atoms with Crippen LogP contribution < -0.4 is 5.32 Å². The van der Waals surface area contributed by atoms with Gasteiger partial charge in [-0.1, -0.05) is 223 Å². The minimum Gasteiger partial charge on any atom is -0.456 e. The molecule has 414 valence electrons. The van der Waals surface area contributed by atoms with Crippen LogP contribution in [-0.4, -0.2) is 74.3 Å². The number of hydrogen-bond donors (Lipinski definition) is 2. The number of carbonyl (C=O) groups excluding carboxylic acids is 2. The van der Waals surface area contributed by atoms with Crippen molar-refractivity contribution in [2.75, 3.05) is 40.9 Å². The van der Waals surface area contributed by atoms with Crippen LogP contribution in [-0.2, 0) is 27.9 Å². The van der Waals surface area contributed by atoms with Crippen LogP contribution in [0.2, 0.25) is 0 Å². The van der Waals surface area contributed by atoms with Crippen molar-refractivity contribution in [1.82, 2.24) is 5.32 Å². The first-order chi connectivity index (χ1) is 34.4. The summed E-state index contributed by atoms with van der Waals surface area (Å²) >= 11 is 0. The number of carbonyl (C=O) groups is 2. The smallest absolute Gasteiger partial charge is 0.456 e. The molecule has 0 aliphatic heterocycles. The Balaban J connectivity index is 5.27. The number of phosphoric acid groups is 1. The third kappa shape index (κ3) is 52.4. The molecule has 0 radical (unpaired) electrons. The molecule has 0 rings (SSSR count). The van der Waals surface area contributed by atoms with Crippen LogP contribution in [0.15, 0.2) is 60.8 Å². The molecule has 0 saturated heterocycles. The summed E-state index contributed by atoms with van der Waals surface area (Å²) in [6, 6.07) is -0.855. The SMILES string of the molecule is CCCC/C=C\CCCCCCCC(=O)NC(COP(=O)(O)OCC[N+](C)(C)C)C(/C=C\CCCCCCCCCCCCC)OC(=O)CCCCCCCCCC/C=C\C/C=C\C/C=C\CCCCC. The van der Waals surface area contributed by atoms with Gasteiger partial charge in [-0.3, -0.25) is 18.6 Å². The van der Waals surface area contributed by atoms with Gasteiger partial charge < -0.3 is 19.4 Å². The van der Waals surface area contributed by atoms with Crippen LogP contribution in [0.25, 0.3) is 0 Å². The number of nitrogens with one attached hydrogen (secondary N) is 1. The third-order valence-electron chi connectivity index (χ3n) is 12.9. The number of rotatable bonds is 53. The maximum absolute atomic E-state index is 13.5. The molecule has 0 aromatic rings. The quantitative estimate of drug-likeness (QED) is 0.0205. The van der Waals surface area contributed by atoms with E-state index in [1.54, 1.807) is 0 Å². The van der Waals surface area contributed by atoms with Crippen LogP contribution in [0.3, 0.4) is 0 Å². The molecule has 0 spiro atoms. The topological polar surface area (TPSA) is 111 Å². The summed E-state index contributed by atoms with van der Waals surface area (Å²) in [6.07, 6.45) is 63.5. The Labute approximate surface area is 439 Å². The van der Waals surface area contributed by atoms with Crippen molar-refractivity contribution in [3.63, 3.8) is 0 Å². The molecule has 0 aliphatic rings. The number of likely N-dealkylation sites (N-methyl/N-ethyl adjacent to an activating group) is 1. The Morgan fingerprint density at radius 3 is 1.37 bits per heavy atom. The molecular formula is C61H114N2O7P+. The van der Waals surface area contributed by atoms with E-state index in [-0.39, 0.29) is 31.5 Å². The largest absolute Gasteiger partial charge is 0.472 e. The van der Waals surface area contributed by atoms with Gasteiger partial charge >= 0.3 is 13.8 Å². The molecule has 2 N–H and O–H groups in total. The highest BCUT2D eigenvalue weighted by atomic mass is 31.2. The highest BCUT2D eigenvalue weighted by molar-refractivity contribution is 7.47. The molecule has 3 unspecified atom stereocenters. The lowest BCUT2D eigenvalue weighted by Gasteiger charge is -2.27. The first kappa shape index (κ1) is 68.7. The summed E-state index contributed by atoms with van der Waals surface area (Å²) < 4.78 is 30.6. The van der Waals surface area contributed by atoms with Gasteiger partial charge in [0.15, 0.2) is 0 Å². The fourth-order valence-corrected chi connectivity index (χ4v) is 9.02. The van der Waals surface area contributed by atoms with Gasteiger partial charge in [0.1, 0.15) is 19.3 Å². The minimum absolute atomic E-state index is 0.0363. The average molecular weight is 1020 g/mol. The van der Waals surface area contributed by atoms with Gasteiger partial charge in [-0.15, -0.1) is 0 Å². The monoisotopic (exact) mass is 1020 g/mol. The number of esters is 1. The van der Waals surface area contributed by atoms with Crippen LogP contribution in [0, 0.1) is 0 Å². The van der Waals surface area contributed by atoms with Crippen molar-refractivity contribution in [3.8, 4) is 0 Å². The van der Waals surface area contributed by atoms with Crippen LogP contribution in [0.4, 0.5) is 0 Å². The van der Waals surface area contributed by atoms with Gasteiger partial charge in [-0.25, -0.2) is 4.57 Å². The Morgan fingerprint density at radius 2 is 0.873 bits per heavy atom. The summed E-state index contributed by atoms with van der Waals surface area (Å²) in [5.41, 5.74) is 0. The zero-order chi connectivity index (χ0) is 52.2. The lowest BCUT2D eigenvalue weighted by atomic mass is 10.0. The van der Waals surface area contributed by atoms with Crippen LogP contribution in [0.5, 0.6) is 0 Å². The van der Waals surface area contributed by atoms with Crippen molar-refractivity contribution in [1.29, 1.82) is 0 Å². The van der Waals surface area contributed by atoms with Crippen LogP contribution in [0.1, 0.15) is 265 Å². The average Bonchev–Trinajstić information content (AvgIpc) is 3.33. The molecule has 0 saturated carbocycles. The summed E-state index contributed by atoms with van der Waals surface area (Å²) in [5.74, 6) is -0.523. The molecule has 0 heterocycles. The van der Waals surface area contributed by atoms with Crippen molar-refractivity contribution >= 4 is 19.7 Å². The number of allylic oxidation sites excluding steroid dienone is 9. The van der Waals surface area contributed by atoms with E-state index >= 15 is 0 Å². The second-order valence-corrected chi connectivity index (χ2v) is 22.6. The second kappa shape index (κ2) is 51.2. The molecule has 3 atom stereocenters. The van der Waals surface area contributed by atoms with Gasteiger partial charge in [0.05, 0.1) is 33.8 Å². The zero-order valence-electron chi connectivity index (χ0n) is 47.2. The number of nitrogens with zero attached hydrogens (tertiary/aromatic N) is 1. The normalized spacial score (nSPS) is 14.2. The standard InChI is InChI=1S/C61H113N2O7P/c1-7-10-13-16-19-22-25-27-28-29-30-31-32-33-34-36-39-42-45-48-51-54-61(65)70-59(52-49-46-43-40-38-35-26-23-20-17-14-11-8-2)58(57-69-71(66,67)68-56-55-63(4,5)6)62-60(64)53-50-47-44-41-37-24-21-18-15-12-9-3/h18-19,21-22,27-28,30-31,49,52,58-59H,7-17,20,23-26,29,32-48,50-51,53-57H2,1-6H3,(H-,62,64,66,67)/p+1/b21-18-,22-19-,28-27-,31-30-,52-49-. The molecule has 0 aliphatic carbocycles. The van der Waals surface area contributed by atoms with E-state index in [0.717, 1.165) is 109 Å². The molecule has 10 heteroatoms. The second-order valence-electron chi connectivity index (χ2n) is 21.2. The number of ether oxygens (including phenoxy) is 1. The predicted molar refractivity (Wildman–Crippen MR) is 305 cm³/mol. The molecule has 9 nitrogen and oxygen atoms in total. The van der Waals surface area contributed by atoms with E-state index < -0.39 is 20.0 Å². The van der Waals surface area contributed by atoms with Gasteiger partial charge in [0, 0.05) is 12.8 Å². The number of unbranched alkanes of at least 4 members (excludes halogenated alkanes) is 29. The van der Waals surface area contributed by atoms with Crippen molar-refractivity contribution in [2.45, 2.75) is 277 Å². The summed E-state index contributed by atoms with van der Waals surface area (Å²) in [7, 11) is 1.48. The minimum atomic E-state index is -4.45. The maximum Gasteiger partial charge on any atom is 0.472 e. The maximum atomic E-state index is 13.5. The zero-order valence-corrected chi connectivity index (χ0v) is 48.1. The number of hydrogen-bond acceptors (Lipinski definition) is 6. The molecule has 0 aromatic carbocycles. The highest BCUT2D eigenvalue weighted by Crippen LogP contribution is 2.43. The fourth-order valence-electron chi connectivity index (χ4n) is 8.28. The highest BCUT2D eigenvalue weighted by Gasteiger charge is 2.30. The first-order valence-electron chi connectivity index (χ1n) is 29.6. The van der Waals surface area contributed by atoms with Gasteiger partial charge in [0.25, 0.3) is 0 Å². The molecular weight excluding hydrogens is 904 g/mol. The van der Waals surface area contributed by atoms with Gasteiger partial charge in [0.2, 0.25) is 5.91 Å². The number of quaternary nitrogens is 1. The van der Waals surface area contributed by atoms with E-state index in [4.69, 9.17) is 13.8 Å². The summed E-state index contributed by atoms with van der Waals surface area (Å²) in [4.78, 5) is 37.6. The third-order valence-corrected chi connectivity index (χ3v) is 13.9. The molecule has 71 heavy (non-hydrogen) atoms. The number of phosphoric ester groups is 1. The van der Waals surface area contributed by atoms with E-state index in [9.17, 15) is 19.0 Å². The van der Waals surface area contributed by atoms with E-state index in [1.807, 2.05) is 33.3 Å². The van der Waals surface area contributed by atoms with E-state index in [2.05, 4.69) is 74.7 Å². The van der Waals surface area contributed by atoms with Crippen molar-refractivity contribution < 1.29 is 37.3 Å². The van der Waals surface area contributed by atoms with Gasteiger partial charge in [-0.05, 0) is 89.5 Å². The van der Waals surface area contributed by atoms with Crippen LogP contribution >= 0.6 is 7.82 Å². The Kier molecular flexibility index (Phi) is 49.6. The first-order valence-corrected chi connectivity index (χ1v) is 31.1. The Morgan fingerprint density at radius 1 is 0.493 bits per heavy atom. The van der Waals surface area contributed by atoms with Crippen molar-refractivity contribution in [3.05, 3.63) is 60.8 Å². The summed E-state index contributed by atoms with van der Waals surface area (Å²) in [5, 5.41) is 3.04. The molecule has 0 bridgehead atoms. The summed E-state index contributed by atoms with van der Waals surface area (Å²) in [6.45, 7) is 6.94. The fraction of sp³-hybridized carbons (Fsp3) is 0.803. The Hall–Kier alpha value is -2.29. The Bertz CT molecular complexity index is 1400. The molecule has 0 fully saturated rings. The molecule has 1 amide bonds.